The average molecular weight is 286 g/mol. The van der Waals surface area contributed by atoms with Gasteiger partial charge in [0.05, 0.1) is 5.69 Å². The standard InChI is InChI=1S/C15H15FN4O/c1-3-20-14(21)13(19(2)15(20)17)6-9-8-18-12-7-10(16)4-5-11(9)12/h4-8,17,21H,3H2,1-2H3/b9-6-,17-15?. The van der Waals surface area contributed by atoms with E-state index in [0.29, 0.717) is 17.9 Å². The molecule has 1 aromatic heterocycles. The second kappa shape index (κ2) is 4.73. The Morgan fingerprint density at radius 2 is 2.19 bits per heavy atom. The minimum Gasteiger partial charge on any atom is -0.493 e. The maximum Gasteiger partial charge on any atom is 0.218 e. The van der Waals surface area contributed by atoms with E-state index in [1.54, 1.807) is 30.0 Å². The number of hydrogen-bond donors (Lipinski definition) is 2. The highest BCUT2D eigenvalue weighted by atomic mass is 19.1. The molecule has 3 rings (SSSR count). The summed E-state index contributed by atoms with van der Waals surface area (Å²) in [4.78, 5) is 4.17. The molecule has 5 nitrogen and oxygen atoms in total. The Kier molecular flexibility index (Phi) is 3.01. The van der Waals surface area contributed by atoms with Crippen LogP contribution < -0.4 is 5.62 Å². The first-order valence-electron chi connectivity index (χ1n) is 6.61. The molecule has 1 aliphatic heterocycles. The molecule has 0 saturated heterocycles. The van der Waals surface area contributed by atoms with Gasteiger partial charge in [-0.25, -0.2) is 4.39 Å². The molecule has 0 aliphatic carbocycles. The average Bonchev–Trinajstić information content (AvgIpc) is 2.94. The number of aromatic hydroxyl groups is 1. The number of imidazole rings is 1. The maximum absolute atomic E-state index is 13.2. The van der Waals surface area contributed by atoms with Gasteiger partial charge in [-0.2, -0.15) is 0 Å². The Morgan fingerprint density at radius 3 is 2.86 bits per heavy atom. The van der Waals surface area contributed by atoms with Crippen LogP contribution >= 0.6 is 0 Å². The van der Waals surface area contributed by atoms with Crippen LogP contribution in [0.2, 0.25) is 0 Å². The Bertz CT molecular complexity index is 842. The zero-order valence-electron chi connectivity index (χ0n) is 11.8. The molecule has 1 aliphatic rings. The van der Waals surface area contributed by atoms with Gasteiger partial charge >= 0.3 is 0 Å². The zero-order valence-corrected chi connectivity index (χ0v) is 11.8. The van der Waals surface area contributed by atoms with E-state index in [0.717, 1.165) is 11.1 Å². The molecular weight excluding hydrogens is 271 g/mol. The normalized spacial score (nSPS) is 14.9. The van der Waals surface area contributed by atoms with Crippen molar-refractivity contribution in [2.75, 3.05) is 0 Å². The Morgan fingerprint density at radius 1 is 1.43 bits per heavy atom. The number of aromatic nitrogens is 2. The predicted octanol–water partition coefficient (Wildman–Crippen LogP) is 2.43. The lowest BCUT2D eigenvalue weighted by molar-refractivity contribution is 0.415. The Balaban J connectivity index is 2.15. The van der Waals surface area contributed by atoms with Gasteiger partial charge in [-0.3, -0.25) is 15.0 Å². The molecule has 2 heterocycles. The van der Waals surface area contributed by atoms with Crippen LogP contribution in [0.25, 0.3) is 11.6 Å². The summed E-state index contributed by atoms with van der Waals surface area (Å²) in [7, 11) is 1.72. The van der Waals surface area contributed by atoms with Crippen LogP contribution in [0.15, 0.2) is 23.2 Å². The van der Waals surface area contributed by atoms with Crippen LogP contribution in [0.1, 0.15) is 18.2 Å². The lowest BCUT2D eigenvalue weighted by atomic mass is 10.1. The van der Waals surface area contributed by atoms with E-state index < -0.39 is 0 Å². The largest absolute Gasteiger partial charge is 0.493 e. The van der Waals surface area contributed by atoms with Crippen molar-refractivity contribution in [1.82, 2.24) is 9.13 Å². The molecule has 0 spiro atoms. The summed E-state index contributed by atoms with van der Waals surface area (Å²) < 4.78 is 16.3. The van der Waals surface area contributed by atoms with Crippen molar-refractivity contribution < 1.29 is 9.50 Å². The van der Waals surface area contributed by atoms with E-state index in [-0.39, 0.29) is 17.3 Å². The predicted molar refractivity (Wildman–Crippen MR) is 79.0 cm³/mol. The molecule has 0 unspecified atom stereocenters. The summed E-state index contributed by atoms with van der Waals surface area (Å²) >= 11 is 0. The lowest BCUT2D eigenvalue weighted by Gasteiger charge is -2.01. The van der Waals surface area contributed by atoms with Gasteiger partial charge in [-0.05, 0) is 25.1 Å². The van der Waals surface area contributed by atoms with Crippen LogP contribution in [0.5, 0.6) is 5.88 Å². The summed E-state index contributed by atoms with van der Waals surface area (Å²) in [6, 6.07) is 4.42. The molecule has 1 aromatic carbocycles. The molecule has 2 aromatic rings. The molecule has 21 heavy (non-hydrogen) atoms. The first-order chi connectivity index (χ1) is 10.0. The van der Waals surface area contributed by atoms with Crippen molar-refractivity contribution in [2.45, 2.75) is 13.5 Å². The number of hydrogen-bond acceptors (Lipinski definition) is 3. The second-order valence-electron chi connectivity index (χ2n) is 4.86. The molecule has 0 bridgehead atoms. The third-order valence-electron chi connectivity index (χ3n) is 3.64. The van der Waals surface area contributed by atoms with Crippen molar-refractivity contribution in [1.29, 1.82) is 5.41 Å². The SMILES string of the molecule is CCn1c(O)c(/C=C2/C=Nc3cc(F)ccc32)n(C)c1=N. The zero-order chi connectivity index (χ0) is 15.1. The van der Waals surface area contributed by atoms with Crippen LogP contribution in [0, 0.1) is 11.2 Å². The quantitative estimate of drug-likeness (QED) is 0.874. The van der Waals surface area contributed by atoms with E-state index in [9.17, 15) is 9.50 Å². The molecule has 108 valence electrons. The van der Waals surface area contributed by atoms with Gasteiger partial charge < -0.3 is 9.67 Å². The fourth-order valence-electron chi connectivity index (χ4n) is 2.47. The highest BCUT2D eigenvalue weighted by Crippen LogP contribution is 2.34. The van der Waals surface area contributed by atoms with Gasteiger partial charge in [-0.1, -0.05) is 0 Å². The number of nitrogens with one attached hydrogen (secondary N) is 1. The summed E-state index contributed by atoms with van der Waals surface area (Å²) in [6.45, 7) is 2.38. The highest BCUT2D eigenvalue weighted by Gasteiger charge is 2.17. The van der Waals surface area contributed by atoms with Gasteiger partial charge in [0, 0.05) is 37.0 Å². The van der Waals surface area contributed by atoms with Crippen LogP contribution in [0.3, 0.4) is 0 Å². The molecule has 0 saturated carbocycles. The van der Waals surface area contributed by atoms with Crippen molar-refractivity contribution in [2.24, 2.45) is 12.0 Å². The van der Waals surface area contributed by atoms with Crippen LogP contribution in [-0.2, 0) is 13.6 Å². The van der Waals surface area contributed by atoms with Crippen LogP contribution in [0.4, 0.5) is 10.1 Å². The number of fused-ring (bicyclic) bond motifs is 1. The number of nitrogens with zero attached hydrogens (tertiary/aromatic N) is 3. The molecule has 0 fully saturated rings. The molecule has 0 amide bonds. The van der Waals surface area contributed by atoms with Gasteiger partial charge in [0.25, 0.3) is 0 Å². The highest BCUT2D eigenvalue weighted by molar-refractivity contribution is 6.21. The van der Waals surface area contributed by atoms with Gasteiger partial charge in [0.15, 0.2) is 0 Å². The number of aliphatic imine (C=N–C) groups is 1. The Hall–Kier alpha value is -2.63. The lowest BCUT2D eigenvalue weighted by Crippen LogP contribution is -2.22. The Labute approximate surface area is 120 Å². The molecule has 0 radical (unpaired) electrons. The summed E-state index contributed by atoms with van der Waals surface area (Å²) in [5.74, 6) is -0.285. The number of halogens is 1. The van der Waals surface area contributed by atoms with Crippen molar-refractivity contribution in [3.8, 4) is 5.88 Å². The van der Waals surface area contributed by atoms with E-state index in [1.807, 2.05) is 6.92 Å². The van der Waals surface area contributed by atoms with Crippen molar-refractivity contribution in [3.05, 3.63) is 40.9 Å². The second-order valence-corrected chi connectivity index (χ2v) is 4.86. The summed E-state index contributed by atoms with van der Waals surface area (Å²) in [6.07, 6.45) is 3.39. The smallest absolute Gasteiger partial charge is 0.218 e. The minimum atomic E-state index is -0.328. The fraction of sp³-hybridized carbons (Fsp3) is 0.200. The molecule has 2 N–H and O–H groups in total. The third kappa shape index (κ3) is 1.99. The third-order valence-corrected chi connectivity index (χ3v) is 3.64. The van der Waals surface area contributed by atoms with Crippen LogP contribution in [-0.4, -0.2) is 20.5 Å². The first kappa shape index (κ1) is 13.4. The maximum atomic E-state index is 13.2. The van der Waals surface area contributed by atoms with E-state index >= 15 is 0 Å². The van der Waals surface area contributed by atoms with E-state index in [4.69, 9.17) is 5.41 Å². The molecule has 6 heteroatoms. The van der Waals surface area contributed by atoms with Crippen molar-refractivity contribution >= 4 is 23.6 Å². The summed E-state index contributed by atoms with van der Waals surface area (Å²) in [5, 5.41) is 18.2. The molecular formula is C15H15FN4O. The number of rotatable bonds is 2. The van der Waals surface area contributed by atoms with Gasteiger partial charge in [0.1, 0.15) is 11.5 Å². The number of benzene rings is 1. The number of allylic oxidation sites excluding steroid dienone is 1. The first-order valence-corrected chi connectivity index (χ1v) is 6.61. The van der Waals surface area contributed by atoms with E-state index in [2.05, 4.69) is 4.99 Å². The topological polar surface area (TPSA) is 66.3 Å². The molecule has 0 atom stereocenters. The van der Waals surface area contributed by atoms with E-state index in [1.165, 1.54) is 16.7 Å². The van der Waals surface area contributed by atoms with Gasteiger partial charge in [0.2, 0.25) is 11.5 Å². The minimum absolute atomic E-state index is 0.0430. The summed E-state index contributed by atoms with van der Waals surface area (Å²) in [5.41, 5.74) is 2.91. The monoisotopic (exact) mass is 286 g/mol. The van der Waals surface area contributed by atoms with Gasteiger partial charge in [-0.15, -0.1) is 0 Å². The fourth-order valence-corrected chi connectivity index (χ4v) is 2.47. The van der Waals surface area contributed by atoms with Crippen molar-refractivity contribution in [3.63, 3.8) is 0 Å².